The fraction of sp³-hybridized carbons (Fsp3) is 0.250. The molecule has 0 saturated heterocycles. The van der Waals surface area contributed by atoms with Gasteiger partial charge in [0.2, 0.25) is 5.88 Å². The first-order chi connectivity index (χ1) is 7.16. The molecule has 0 spiro atoms. The summed E-state index contributed by atoms with van der Waals surface area (Å²) in [6.45, 7) is 3.95. The lowest BCUT2D eigenvalue weighted by molar-refractivity contribution is 0.236. The van der Waals surface area contributed by atoms with Crippen LogP contribution in [0.15, 0.2) is 30.5 Å². The largest absolute Gasteiger partial charge is 0.475 e. The van der Waals surface area contributed by atoms with Gasteiger partial charge in [-0.05, 0) is 37.4 Å². The van der Waals surface area contributed by atoms with Gasteiger partial charge in [0, 0.05) is 16.6 Å². The molecule has 0 aliphatic carbocycles. The van der Waals surface area contributed by atoms with Crippen LogP contribution in [0.25, 0.3) is 10.8 Å². The van der Waals surface area contributed by atoms with Gasteiger partial charge < -0.3 is 4.74 Å². The lowest BCUT2D eigenvalue weighted by Crippen LogP contribution is -2.07. The predicted molar refractivity (Wildman–Crippen MR) is 62.5 cm³/mol. The summed E-state index contributed by atoms with van der Waals surface area (Å²) in [4.78, 5) is 4.21. The van der Waals surface area contributed by atoms with Gasteiger partial charge in [-0.2, -0.15) is 0 Å². The van der Waals surface area contributed by atoms with E-state index in [2.05, 4.69) is 4.98 Å². The molecule has 3 heteroatoms. The van der Waals surface area contributed by atoms with Crippen LogP contribution in [0.1, 0.15) is 13.8 Å². The molecule has 2 aromatic rings. The molecule has 78 valence electrons. The Morgan fingerprint density at radius 1 is 1.27 bits per heavy atom. The van der Waals surface area contributed by atoms with Crippen LogP contribution in [0.3, 0.4) is 0 Å². The molecule has 0 N–H and O–H groups in total. The van der Waals surface area contributed by atoms with Crippen LogP contribution in [0.4, 0.5) is 0 Å². The summed E-state index contributed by atoms with van der Waals surface area (Å²) < 4.78 is 5.61. The minimum atomic E-state index is 0.113. The fourth-order valence-corrected chi connectivity index (χ4v) is 1.60. The van der Waals surface area contributed by atoms with Gasteiger partial charge in [0.1, 0.15) is 0 Å². The number of ether oxygens (including phenoxy) is 1. The molecule has 1 aromatic heterocycles. The minimum Gasteiger partial charge on any atom is -0.475 e. The van der Waals surface area contributed by atoms with Crippen molar-refractivity contribution >= 4 is 22.4 Å². The molecule has 0 fully saturated rings. The Morgan fingerprint density at radius 3 is 2.80 bits per heavy atom. The number of hydrogen-bond donors (Lipinski definition) is 0. The molecule has 0 radical (unpaired) electrons. The average molecular weight is 222 g/mol. The summed E-state index contributed by atoms with van der Waals surface area (Å²) in [5, 5.41) is 2.74. The van der Waals surface area contributed by atoms with E-state index >= 15 is 0 Å². The van der Waals surface area contributed by atoms with Crippen molar-refractivity contribution < 1.29 is 4.74 Å². The molecule has 0 amide bonds. The summed E-state index contributed by atoms with van der Waals surface area (Å²) in [6.07, 6.45) is 1.86. The van der Waals surface area contributed by atoms with Crippen LogP contribution in [0.2, 0.25) is 5.02 Å². The van der Waals surface area contributed by atoms with Crippen LogP contribution < -0.4 is 4.74 Å². The number of halogens is 1. The second-order valence-corrected chi connectivity index (χ2v) is 4.08. The monoisotopic (exact) mass is 221 g/mol. The van der Waals surface area contributed by atoms with E-state index in [1.807, 2.05) is 38.1 Å². The van der Waals surface area contributed by atoms with Gasteiger partial charge in [0.15, 0.2) is 0 Å². The molecule has 0 unspecified atom stereocenters. The van der Waals surface area contributed by atoms with E-state index in [-0.39, 0.29) is 6.10 Å². The number of pyridine rings is 1. The molecule has 1 aromatic carbocycles. The highest BCUT2D eigenvalue weighted by Crippen LogP contribution is 2.26. The van der Waals surface area contributed by atoms with Gasteiger partial charge in [-0.25, -0.2) is 4.98 Å². The Bertz CT molecular complexity index is 482. The van der Waals surface area contributed by atoms with E-state index in [1.54, 1.807) is 6.20 Å². The summed E-state index contributed by atoms with van der Waals surface area (Å²) in [7, 11) is 0. The van der Waals surface area contributed by atoms with Crippen LogP contribution in [0, 0.1) is 0 Å². The molecular weight excluding hydrogens is 210 g/mol. The first-order valence-electron chi connectivity index (χ1n) is 4.88. The topological polar surface area (TPSA) is 22.1 Å². The van der Waals surface area contributed by atoms with E-state index in [0.717, 1.165) is 10.8 Å². The molecule has 15 heavy (non-hydrogen) atoms. The third kappa shape index (κ3) is 2.21. The van der Waals surface area contributed by atoms with Gasteiger partial charge in [0.25, 0.3) is 0 Å². The SMILES string of the molecule is CC(C)Oc1nccc2ccc(Cl)cc12. The maximum absolute atomic E-state index is 5.94. The minimum absolute atomic E-state index is 0.113. The van der Waals surface area contributed by atoms with E-state index in [9.17, 15) is 0 Å². The zero-order valence-corrected chi connectivity index (χ0v) is 9.45. The van der Waals surface area contributed by atoms with Crippen molar-refractivity contribution in [3.63, 3.8) is 0 Å². The smallest absolute Gasteiger partial charge is 0.221 e. The van der Waals surface area contributed by atoms with Crippen molar-refractivity contribution in [2.75, 3.05) is 0 Å². The number of benzene rings is 1. The van der Waals surface area contributed by atoms with Gasteiger partial charge >= 0.3 is 0 Å². The standard InChI is InChI=1S/C12H12ClNO/c1-8(2)15-12-11-7-10(13)4-3-9(11)5-6-14-12/h3-8H,1-2H3. The Morgan fingerprint density at radius 2 is 2.07 bits per heavy atom. The van der Waals surface area contributed by atoms with E-state index in [0.29, 0.717) is 10.9 Å². The number of rotatable bonds is 2. The molecule has 0 aliphatic rings. The molecule has 2 rings (SSSR count). The summed E-state index contributed by atoms with van der Waals surface area (Å²) in [5.74, 6) is 0.644. The van der Waals surface area contributed by atoms with Crippen molar-refractivity contribution in [3.05, 3.63) is 35.5 Å². The Labute approximate surface area is 93.8 Å². The maximum Gasteiger partial charge on any atom is 0.221 e. The highest BCUT2D eigenvalue weighted by atomic mass is 35.5. The number of aromatic nitrogens is 1. The van der Waals surface area contributed by atoms with Gasteiger partial charge in [-0.1, -0.05) is 17.7 Å². The molecular formula is C12H12ClNO. The normalized spacial score (nSPS) is 10.9. The zero-order chi connectivity index (χ0) is 10.8. The number of fused-ring (bicyclic) bond motifs is 1. The first kappa shape index (κ1) is 10.2. The molecule has 0 saturated carbocycles. The lowest BCUT2D eigenvalue weighted by atomic mass is 10.2. The van der Waals surface area contributed by atoms with Crippen molar-refractivity contribution in [3.8, 4) is 5.88 Å². The second kappa shape index (κ2) is 4.07. The zero-order valence-electron chi connectivity index (χ0n) is 8.70. The molecule has 0 aliphatic heterocycles. The third-order valence-corrected chi connectivity index (χ3v) is 2.27. The average Bonchev–Trinajstić information content (AvgIpc) is 2.18. The third-order valence-electron chi connectivity index (χ3n) is 2.04. The number of nitrogens with zero attached hydrogens (tertiary/aromatic N) is 1. The Balaban J connectivity index is 2.58. The van der Waals surface area contributed by atoms with Crippen LogP contribution in [-0.4, -0.2) is 11.1 Å². The first-order valence-corrected chi connectivity index (χ1v) is 5.25. The highest BCUT2D eigenvalue weighted by molar-refractivity contribution is 6.31. The molecule has 0 bridgehead atoms. The van der Waals surface area contributed by atoms with E-state index < -0.39 is 0 Å². The van der Waals surface area contributed by atoms with Gasteiger partial charge in [-0.3, -0.25) is 0 Å². The summed E-state index contributed by atoms with van der Waals surface area (Å²) in [6, 6.07) is 7.65. The van der Waals surface area contributed by atoms with Crippen LogP contribution >= 0.6 is 11.6 Å². The van der Waals surface area contributed by atoms with Gasteiger partial charge in [-0.15, -0.1) is 0 Å². The lowest BCUT2D eigenvalue weighted by Gasteiger charge is -2.10. The quantitative estimate of drug-likeness (QED) is 0.772. The van der Waals surface area contributed by atoms with Crippen LogP contribution in [0.5, 0.6) is 5.88 Å². The molecule has 2 nitrogen and oxygen atoms in total. The second-order valence-electron chi connectivity index (χ2n) is 3.65. The van der Waals surface area contributed by atoms with Gasteiger partial charge in [0.05, 0.1) is 6.10 Å². The number of hydrogen-bond acceptors (Lipinski definition) is 2. The van der Waals surface area contributed by atoms with E-state index in [4.69, 9.17) is 16.3 Å². The maximum atomic E-state index is 5.94. The molecule has 0 atom stereocenters. The van der Waals surface area contributed by atoms with Crippen molar-refractivity contribution in [1.29, 1.82) is 0 Å². The van der Waals surface area contributed by atoms with Crippen molar-refractivity contribution in [2.24, 2.45) is 0 Å². The Hall–Kier alpha value is -1.28. The Kier molecular flexibility index (Phi) is 2.78. The highest BCUT2D eigenvalue weighted by Gasteiger charge is 2.05. The summed E-state index contributed by atoms with van der Waals surface area (Å²) >= 11 is 5.94. The van der Waals surface area contributed by atoms with Crippen LogP contribution in [-0.2, 0) is 0 Å². The van der Waals surface area contributed by atoms with E-state index in [1.165, 1.54) is 0 Å². The van der Waals surface area contributed by atoms with Crippen molar-refractivity contribution in [1.82, 2.24) is 4.98 Å². The fourth-order valence-electron chi connectivity index (χ4n) is 1.43. The predicted octanol–water partition coefficient (Wildman–Crippen LogP) is 3.68. The van der Waals surface area contributed by atoms with Crippen molar-refractivity contribution in [2.45, 2.75) is 20.0 Å². The summed E-state index contributed by atoms with van der Waals surface area (Å²) in [5.41, 5.74) is 0. The molecule has 1 heterocycles.